The van der Waals surface area contributed by atoms with Gasteiger partial charge in [0, 0.05) is 18.4 Å². The molecule has 0 heterocycles. The molecule has 0 aromatic heterocycles. The first-order valence-electron chi connectivity index (χ1n) is 7.02. The molecule has 22 heavy (non-hydrogen) atoms. The molecule has 7 heteroatoms. The van der Waals surface area contributed by atoms with Crippen LogP contribution in [0, 0.1) is 6.92 Å². The van der Waals surface area contributed by atoms with Gasteiger partial charge in [-0.1, -0.05) is 19.9 Å². The lowest BCUT2D eigenvalue weighted by molar-refractivity contribution is 0.0895. The Morgan fingerprint density at radius 2 is 1.82 bits per heavy atom. The van der Waals surface area contributed by atoms with Gasteiger partial charge in [-0.2, -0.15) is 0 Å². The van der Waals surface area contributed by atoms with Gasteiger partial charge in [-0.05, 0) is 37.5 Å². The van der Waals surface area contributed by atoms with Gasteiger partial charge in [0.15, 0.2) is 9.84 Å². The number of halogens is 1. The fourth-order valence-corrected chi connectivity index (χ4v) is 3.21. The quantitative estimate of drug-likeness (QED) is 0.823. The zero-order valence-electron chi connectivity index (χ0n) is 13.5. The second-order valence-electron chi connectivity index (χ2n) is 5.40. The van der Waals surface area contributed by atoms with Gasteiger partial charge in [0.25, 0.3) is 5.91 Å². The predicted molar refractivity (Wildman–Crippen MR) is 91.4 cm³/mol. The lowest BCUT2D eigenvalue weighted by Crippen LogP contribution is -2.52. The Morgan fingerprint density at radius 1 is 1.27 bits per heavy atom. The largest absolute Gasteiger partial charge is 0.345 e. The molecular weight excluding hydrogens is 324 g/mol. The first kappa shape index (κ1) is 20.9. The molecule has 0 saturated heterocycles. The van der Waals surface area contributed by atoms with Gasteiger partial charge >= 0.3 is 0 Å². The maximum atomic E-state index is 12.4. The molecule has 0 radical (unpaired) electrons. The number of hydrogen-bond donors (Lipinski definition) is 2. The zero-order chi connectivity index (χ0) is 16.3. The minimum atomic E-state index is -3.35. The Hall–Kier alpha value is -1.11. The molecule has 1 rings (SSSR count). The Morgan fingerprint density at radius 3 is 2.23 bits per heavy atom. The molecule has 1 aromatic carbocycles. The first-order chi connectivity index (χ1) is 9.69. The van der Waals surface area contributed by atoms with E-state index in [2.05, 4.69) is 5.32 Å². The summed E-state index contributed by atoms with van der Waals surface area (Å²) in [6.45, 7) is 5.98. The van der Waals surface area contributed by atoms with Crippen molar-refractivity contribution in [3.63, 3.8) is 0 Å². The molecule has 0 fully saturated rings. The summed E-state index contributed by atoms with van der Waals surface area (Å²) in [4.78, 5) is 12.5. The summed E-state index contributed by atoms with van der Waals surface area (Å²) in [6.07, 6.45) is 2.58. The van der Waals surface area contributed by atoms with Crippen LogP contribution in [0.4, 0.5) is 0 Å². The Balaban J connectivity index is 0.00000441. The van der Waals surface area contributed by atoms with E-state index in [0.29, 0.717) is 17.7 Å². The van der Waals surface area contributed by atoms with Crippen molar-refractivity contribution in [1.82, 2.24) is 5.32 Å². The summed E-state index contributed by atoms with van der Waals surface area (Å²) >= 11 is 0. The van der Waals surface area contributed by atoms with Gasteiger partial charge in [0.1, 0.15) is 0 Å². The molecular formula is C15H25ClN2O3S. The van der Waals surface area contributed by atoms with Crippen molar-refractivity contribution in [3.8, 4) is 0 Å². The Labute approximate surface area is 139 Å². The van der Waals surface area contributed by atoms with Gasteiger partial charge in [-0.15, -0.1) is 12.4 Å². The highest BCUT2D eigenvalue weighted by atomic mass is 35.5. The third-order valence-corrected chi connectivity index (χ3v) is 5.21. The standard InChI is InChI=1S/C15H24N2O3S.ClH/c1-5-15(6-2,10-16)17-14(18)12-8-7-11(3)13(9-12)21(4,19)20;/h7-9H,5-6,10,16H2,1-4H3,(H,17,18);1H. The molecule has 0 aliphatic heterocycles. The molecule has 0 spiro atoms. The highest BCUT2D eigenvalue weighted by molar-refractivity contribution is 7.90. The fourth-order valence-electron chi connectivity index (χ4n) is 2.22. The number of sulfone groups is 1. The molecule has 0 aliphatic carbocycles. The monoisotopic (exact) mass is 348 g/mol. The van der Waals surface area contributed by atoms with Crippen LogP contribution in [0.5, 0.6) is 0 Å². The average Bonchev–Trinajstić information content (AvgIpc) is 2.44. The Bertz CT molecular complexity index is 617. The maximum Gasteiger partial charge on any atom is 0.251 e. The summed E-state index contributed by atoms with van der Waals surface area (Å²) < 4.78 is 23.5. The Kier molecular flexibility index (Phi) is 7.54. The molecule has 0 atom stereocenters. The van der Waals surface area contributed by atoms with E-state index in [1.807, 2.05) is 13.8 Å². The van der Waals surface area contributed by atoms with E-state index >= 15 is 0 Å². The fraction of sp³-hybridized carbons (Fsp3) is 0.533. The second kappa shape index (κ2) is 7.94. The SMILES string of the molecule is CCC(CC)(CN)NC(=O)c1ccc(C)c(S(C)(=O)=O)c1.Cl. The first-order valence-corrected chi connectivity index (χ1v) is 8.91. The number of nitrogens with two attached hydrogens (primary N) is 1. The van der Waals surface area contributed by atoms with Crippen molar-refractivity contribution in [2.75, 3.05) is 12.8 Å². The smallest absolute Gasteiger partial charge is 0.251 e. The summed E-state index contributed by atoms with van der Waals surface area (Å²) in [7, 11) is -3.35. The van der Waals surface area contributed by atoms with Crippen LogP contribution in [-0.4, -0.2) is 32.7 Å². The van der Waals surface area contributed by atoms with Gasteiger partial charge < -0.3 is 11.1 Å². The average molecular weight is 349 g/mol. The number of aryl methyl sites for hydroxylation is 1. The van der Waals surface area contributed by atoms with Crippen LogP contribution >= 0.6 is 12.4 Å². The summed E-state index contributed by atoms with van der Waals surface area (Å²) in [5.41, 5.74) is 6.28. The lowest BCUT2D eigenvalue weighted by Gasteiger charge is -2.31. The van der Waals surface area contributed by atoms with Crippen LogP contribution in [0.2, 0.25) is 0 Å². The molecule has 1 aromatic rings. The molecule has 1 amide bonds. The molecule has 5 nitrogen and oxygen atoms in total. The number of rotatable bonds is 6. The van der Waals surface area contributed by atoms with E-state index in [-0.39, 0.29) is 23.2 Å². The van der Waals surface area contributed by atoms with Crippen LogP contribution in [0.3, 0.4) is 0 Å². The maximum absolute atomic E-state index is 12.4. The van der Waals surface area contributed by atoms with Crippen molar-refractivity contribution in [2.45, 2.75) is 44.0 Å². The number of hydrogen-bond acceptors (Lipinski definition) is 4. The van der Waals surface area contributed by atoms with E-state index in [1.165, 1.54) is 6.07 Å². The summed E-state index contributed by atoms with van der Waals surface area (Å²) in [6, 6.07) is 4.70. The molecule has 0 bridgehead atoms. The normalized spacial score (nSPS) is 11.7. The highest BCUT2D eigenvalue weighted by Crippen LogP contribution is 2.19. The topological polar surface area (TPSA) is 89.3 Å². The van der Waals surface area contributed by atoms with Gasteiger partial charge in [0.2, 0.25) is 0 Å². The van der Waals surface area contributed by atoms with Gasteiger partial charge in [0.05, 0.1) is 10.4 Å². The number of nitrogens with one attached hydrogen (secondary N) is 1. The molecule has 3 N–H and O–H groups in total. The summed E-state index contributed by atoms with van der Waals surface area (Å²) in [5.74, 6) is -0.297. The van der Waals surface area contributed by atoms with E-state index in [4.69, 9.17) is 5.73 Å². The number of amides is 1. The van der Waals surface area contributed by atoms with Crippen LogP contribution in [-0.2, 0) is 9.84 Å². The summed E-state index contributed by atoms with van der Waals surface area (Å²) in [5, 5.41) is 2.94. The number of carbonyl (C=O) groups is 1. The predicted octanol–water partition coefficient (Wildman–Crippen LogP) is 2.07. The number of benzene rings is 1. The third kappa shape index (κ3) is 4.69. The minimum Gasteiger partial charge on any atom is -0.345 e. The molecule has 0 aliphatic rings. The second-order valence-corrected chi connectivity index (χ2v) is 7.38. The van der Waals surface area contributed by atoms with Crippen molar-refractivity contribution < 1.29 is 13.2 Å². The lowest BCUT2D eigenvalue weighted by atomic mass is 9.92. The third-order valence-electron chi connectivity index (χ3n) is 3.97. The van der Waals surface area contributed by atoms with E-state index in [0.717, 1.165) is 19.1 Å². The van der Waals surface area contributed by atoms with E-state index in [9.17, 15) is 13.2 Å². The zero-order valence-corrected chi connectivity index (χ0v) is 15.1. The van der Waals surface area contributed by atoms with Crippen molar-refractivity contribution in [3.05, 3.63) is 29.3 Å². The van der Waals surface area contributed by atoms with E-state index < -0.39 is 15.4 Å². The van der Waals surface area contributed by atoms with Crippen molar-refractivity contribution in [1.29, 1.82) is 0 Å². The van der Waals surface area contributed by atoms with Crippen LogP contribution in [0.1, 0.15) is 42.6 Å². The van der Waals surface area contributed by atoms with Crippen LogP contribution < -0.4 is 11.1 Å². The van der Waals surface area contributed by atoms with E-state index in [1.54, 1.807) is 19.1 Å². The minimum absolute atomic E-state index is 0. The van der Waals surface area contributed by atoms with Crippen molar-refractivity contribution in [2.24, 2.45) is 5.73 Å². The molecule has 0 saturated carbocycles. The highest BCUT2D eigenvalue weighted by Gasteiger charge is 2.27. The van der Waals surface area contributed by atoms with Crippen LogP contribution in [0.15, 0.2) is 23.1 Å². The van der Waals surface area contributed by atoms with Crippen molar-refractivity contribution >= 4 is 28.2 Å². The number of carbonyl (C=O) groups excluding carboxylic acids is 1. The van der Waals surface area contributed by atoms with Gasteiger partial charge in [-0.3, -0.25) is 4.79 Å². The van der Waals surface area contributed by atoms with Crippen LogP contribution in [0.25, 0.3) is 0 Å². The molecule has 0 unspecified atom stereocenters. The molecule has 126 valence electrons. The van der Waals surface area contributed by atoms with Gasteiger partial charge in [-0.25, -0.2) is 8.42 Å².